The van der Waals surface area contributed by atoms with E-state index in [1.165, 1.54) is 5.56 Å². The molecule has 0 saturated heterocycles. The molecule has 0 aliphatic carbocycles. The van der Waals surface area contributed by atoms with Crippen LogP contribution in [0.15, 0.2) is 30.3 Å². The highest BCUT2D eigenvalue weighted by Gasteiger charge is 2.65. The fourth-order valence-electron chi connectivity index (χ4n) is 7.11. The van der Waals surface area contributed by atoms with Crippen LogP contribution in [0.3, 0.4) is 0 Å². The average Bonchev–Trinajstić information content (AvgIpc) is 2.48. The van der Waals surface area contributed by atoms with Crippen molar-refractivity contribution < 1.29 is 5.11 Å². The van der Waals surface area contributed by atoms with E-state index >= 15 is 0 Å². The maximum absolute atomic E-state index is 10.9. The van der Waals surface area contributed by atoms with Crippen molar-refractivity contribution in [1.82, 2.24) is 0 Å². The highest BCUT2D eigenvalue weighted by Crippen LogP contribution is 2.50. The van der Waals surface area contributed by atoms with E-state index in [9.17, 15) is 5.11 Å². The first-order chi connectivity index (χ1) is 12.9. The predicted octanol–water partition coefficient (Wildman–Crippen LogP) is 7.81. The van der Waals surface area contributed by atoms with E-state index in [0.29, 0.717) is 12.0 Å². The number of benzene rings is 1. The van der Waals surface area contributed by atoms with Gasteiger partial charge in [0, 0.05) is 29.4 Å². The molecule has 0 radical (unpaired) electrons. The number of hydrogen-bond donors (Lipinski definition) is 1. The Morgan fingerprint density at radius 2 is 1.21 bits per heavy atom. The number of hydrogen-bond acceptors (Lipinski definition) is 1. The van der Waals surface area contributed by atoms with Gasteiger partial charge in [0.05, 0.1) is 0 Å². The van der Waals surface area contributed by atoms with Gasteiger partial charge in [0.1, 0.15) is 6.10 Å². The van der Waals surface area contributed by atoms with Crippen LogP contribution in [0.4, 0.5) is 0 Å². The van der Waals surface area contributed by atoms with Crippen molar-refractivity contribution in [2.45, 2.75) is 93.6 Å². The van der Waals surface area contributed by atoms with Crippen molar-refractivity contribution in [3.63, 3.8) is 0 Å². The van der Waals surface area contributed by atoms with E-state index in [1.54, 1.807) is 0 Å². The van der Waals surface area contributed by atoms with Gasteiger partial charge in [0.2, 0.25) is 3.79 Å². The molecule has 168 valence electrons. The molecule has 0 spiro atoms. The van der Waals surface area contributed by atoms with Crippen molar-refractivity contribution in [2.24, 2.45) is 0 Å². The third kappa shape index (κ3) is 6.47. The first kappa shape index (κ1) is 28.0. The van der Waals surface area contributed by atoms with Gasteiger partial charge in [-0.1, -0.05) is 124 Å². The molecule has 1 nitrogen and oxygen atoms in total. The van der Waals surface area contributed by atoms with Crippen LogP contribution in [0.5, 0.6) is 0 Å². The van der Waals surface area contributed by atoms with E-state index in [2.05, 4.69) is 89.3 Å². The number of halogens is 3. The molecule has 29 heavy (non-hydrogen) atoms. The first-order valence-corrected chi connectivity index (χ1v) is 27.4. The minimum absolute atomic E-state index is 0.485. The van der Waals surface area contributed by atoms with Gasteiger partial charge in [-0.15, -0.1) is 0 Å². The van der Waals surface area contributed by atoms with E-state index < -0.39 is 39.3 Å². The van der Waals surface area contributed by atoms with E-state index in [0.717, 1.165) is 12.8 Å². The lowest BCUT2D eigenvalue weighted by molar-refractivity contribution is 0.164. The van der Waals surface area contributed by atoms with Gasteiger partial charge in [0.25, 0.3) is 0 Å². The minimum Gasteiger partial charge on any atom is -0.389 e. The monoisotopic (exact) mass is 526 g/mol. The van der Waals surface area contributed by atoms with Crippen molar-refractivity contribution in [3.05, 3.63) is 35.9 Å². The Balaban J connectivity index is 3.57. The Hall–Kier alpha value is 0.918. The number of aliphatic hydroxyl groups is 1. The van der Waals surface area contributed by atoms with Crippen molar-refractivity contribution >= 4 is 64.2 Å². The second kappa shape index (κ2) is 9.82. The van der Waals surface area contributed by atoms with Crippen LogP contribution >= 0.6 is 34.8 Å². The second-order valence-electron chi connectivity index (χ2n) is 11.6. The smallest absolute Gasteiger partial charge is 0.216 e. The fraction of sp³-hybridized carbons (Fsp3) is 0.714. The topological polar surface area (TPSA) is 20.2 Å². The Morgan fingerprint density at radius 3 is 1.55 bits per heavy atom. The van der Waals surface area contributed by atoms with E-state index in [4.69, 9.17) is 34.8 Å². The quantitative estimate of drug-likeness (QED) is 0.256. The summed E-state index contributed by atoms with van der Waals surface area (Å²) in [7, 11) is -4.54. The van der Waals surface area contributed by atoms with Crippen LogP contribution in [0.25, 0.3) is 0 Å². The summed E-state index contributed by atoms with van der Waals surface area (Å²) in [6.07, 6.45) is 1.83. The molecule has 0 aliphatic rings. The van der Waals surface area contributed by atoms with E-state index in [1.807, 2.05) is 0 Å². The van der Waals surface area contributed by atoms with Crippen LogP contribution in [-0.2, 0) is 6.42 Å². The Kier molecular flexibility index (Phi) is 9.46. The third-order valence-electron chi connectivity index (χ3n) is 6.67. The summed E-state index contributed by atoms with van der Waals surface area (Å²) in [6, 6.07) is 10.7. The molecule has 0 fully saturated rings. The van der Waals surface area contributed by atoms with Crippen LogP contribution in [-0.4, -0.2) is 44.4 Å². The summed E-state index contributed by atoms with van der Waals surface area (Å²) in [4.78, 5) is 0. The average molecular weight is 528 g/mol. The zero-order valence-corrected chi connectivity index (χ0v) is 26.0. The largest absolute Gasteiger partial charge is 0.389 e. The molecule has 0 bridgehead atoms. The molecule has 1 aromatic rings. The summed E-state index contributed by atoms with van der Waals surface area (Å²) < 4.78 is -1.62. The molecule has 0 saturated carbocycles. The minimum atomic E-state index is -1.74. The summed E-state index contributed by atoms with van der Waals surface area (Å²) in [5.74, 6) is 0. The highest BCUT2D eigenvalue weighted by atomic mass is 35.6. The number of aryl methyl sites for hydroxylation is 1. The number of aliphatic hydroxyl groups excluding tert-OH is 1. The van der Waals surface area contributed by atoms with Crippen molar-refractivity contribution in [3.8, 4) is 0 Å². The Labute approximate surface area is 197 Å². The molecule has 0 heterocycles. The molecule has 1 rings (SSSR count). The molecule has 8 heteroatoms. The summed E-state index contributed by atoms with van der Waals surface area (Å²) in [6.45, 7) is 21.6. The standard InChI is InChI=1S/C21H41Cl3OSi4/c1-26(2,3)29(27(4,5)6,28(7,8)9)19(17-20(25)21(22,23)24)16-15-18-13-11-10-12-14-18/h10-14,19-20,25H,15-17H2,1-9H3/t19-,20-/m0/s1. The summed E-state index contributed by atoms with van der Waals surface area (Å²) in [5.41, 5.74) is 1.85. The third-order valence-corrected chi connectivity index (χ3v) is 81.7. The lowest BCUT2D eigenvalue weighted by Gasteiger charge is -2.62. The zero-order valence-electron chi connectivity index (χ0n) is 19.7. The van der Waals surface area contributed by atoms with Gasteiger partial charge in [-0.05, 0) is 30.4 Å². The van der Waals surface area contributed by atoms with Crippen LogP contribution in [0.1, 0.15) is 18.4 Å². The molecule has 0 aromatic heterocycles. The highest BCUT2D eigenvalue weighted by molar-refractivity contribution is 7.89. The lowest BCUT2D eigenvalue weighted by atomic mass is 10.1. The lowest BCUT2D eigenvalue weighted by Crippen LogP contribution is -2.84. The van der Waals surface area contributed by atoms with Crippen LogP contribution in [0.2, 0.25) is 64.5 Å². The maximum atomic E-state index is 10.9. The normalized spacial score (nSPS) is 16.6. The molecular weight excluding hydrogens is 487 g/mol. The zero-order chi connectivity index (χ0) is 22.9. The molecule has 0 amide bonds. The molecule has 0 unspecified atom stereocenters. The number of alkyl halides is 3. The molecule has 1 aromatic carbocycles. The number of rotatable bonds is 9. The van der Waals surface area contributed by atoms with Gasteiger partial charge in [-0.25, -0.2) is 0 Å². The van der Waals surface area contributed by atoms with Gasteiger partial charge in [0.15, 0.2) is 0 Å². The van der Waals surface area contributed by atoms with Crippen LogP contribution < -0.4 is 0 Å². The molecule has 0 aliphatic heterocycles. The molecular formula is C21H41Cl3OSi4. The fourth-order valence-corrected chi connectivity index (χ4v) is 113. The Morgan fingerprint density at radius 1 is 0.793 bits per heavy atom. The predicted molar refractivity (Wildman–Crippen MR) is 145 cm³/mol. The van der Waals surface area contributed by atoms with Crippen LogP contribution in [0, 0.1) is 0 Å². The Bertz CT molecular complexity index is 607. The first-order valence-electron chi connectivity index (χ1n) is 10.6. The maximum Gasteiger partial charge on any atom is 0.216 e. The van der Waals surface area contributed by atoms with E-state index in [-0.39, 0.29) is 0 Å². The SMILES string of the molecule is C[Si](C)(C)[Si]([C@@H](CCc1ccccc1)C[C@H](O)C(Cl)(Cl)Cl)([Si](C)(C)C)[Si](C)(C)C. The van der Waals surface area contributed by atoms with Crippen molar-refractivity contribution in [1.29, 1.82) is 0 Å². The molecule has 2 atom stereocenters. The second-order valence-corrected chi connectivity index (χ2v) is 55.0. The van der Waals surface area contributed by atoms with Crippen molar-refractivity contribution in [2.75, 3.05) is 0 Å². The van der Waals surface area contributed by atoms with Gasteiger partial charge in [-0.3, -0.25) is 0 Å². The van der Waals surface area contributed by atoms with Gasteiger partial charge < -0.3 is 5.11 Å². The van der Waals surface area contributed by atoms with Gasteiger partial charge >= 0.3 is 0 Å². The summed E-state index contributed by atoms with van der Waals surface area (Å²) in [5, 5.41) is 10.9. The van der Waals surface area contributed by atoms with Gasteiger partial charge in [-0.2, -0.15) is 0 Å². The molecule has 1 N–H and O–H groups in total. The summed E-state index contributed by atoms with van der Waals surface area (Å²) >= 11 is 18.5.